The summed E-state index contributed by atoms with van der Waals surface area (Å²) in [5.41, 5.74) is 3.30. The summed E-state index contributed by atoms with van der Waals surface area (Å²) in [4.78, 5) is 37.5. The van der Waals surface area contributed by atoms with Crippen molar-refractivity contribution in [3.05, 3.63) is 59.7 Å². The zero-order valence-electron chi connectivity index (χ0n) is 19.2. The molecule has 4 rings (SSSR count). The summed E-state index contributed by atoms with van der Waals surface area (Å²) in [6, 6.07) is 15.0. The van der Waals surface area contributed by atoms with Gasteiger partial charge < -0.3 is 25.2 Å². The van der Waals surface area contributed by atoms with Crippen molar-refractivity contribution < 1.29 is 29.0 Å². The lowest BCUT2D eigenvalue weighted by Crippen LogP contribution is -2.60. The Morgan fingerprint density at radius 1 is 1.03 bits per heavy atom. The molecule has 8 heteroatoms. The van der Waals surface area contributed by atoms with Gasteiger partial charge in [-0.1, -0.05) is 61.4 Å². The second-order valence-corrected chi connectivity index (χ2v) is 8.89. The number of hydrogen-bond donors (Lipinski definition) is 3. The number of carbonyl (C=O) groups is 3. The van der Waals surface area contributed by atoms with Gasteiger partial charge in [0.25, 0.3) is 0 Å². The third-order valence-electron chi connectivity index (χ3n) is 6.79. The Bertz CT molecular complexity index is 1020. The highest BCUT2D eigenvalue weighted by Crippen LogP contribution is 2.44. The van der Waals surface area contributed by atoms with E-state index in [1.807, 2.05) is 36.4 Å². The summed E-state index contributed by atoms with van der Waals surface area (Å²) >= 11 is 0. The van der Waals surface area contributed by atoms with E-state index >= 15 is 0 Å². The Balaban J connectivity index is 1.43. The topological polar surface area (TPSA) is 114 Å². The van der Waals surface area contributed by atoms with E-state index in [0.29, 0.717) is 12.8 Å². The van der Waals surface area contributed by atoms with Crippen LogP contribution in [0.3, 0.4) is 0 Å². The van der Waals surface area contributed by atoms with Gasteiger partial charge in [-0.05, 0) is 35.1 Å². The van der Waals surface area contributed by atoms with Gasteiger partial charge in [0, 0.05) is 26.1 Å². The summed E-state index contributed by atoms with van der Waals surface area (Å²) in [6.45, 7) is 0.340. The van der Waals surface area contributed by atoms with E-state index in [1.54, 1.807) is 0 Å². The fourth-order valence-electron chi connectivity index (χ4n) is 5.01. The predicted molar refractivity (Wildman–Crippen MR) is 125 cm³/mol. The van der Waals surface area contributed by atoms with Gasteiger partial charge in [-0.2, -0.15) is 0 Å². The highest BCUT2D eigenvalue weighted by atomic mass is 16.5. The molecular formula is C26H30N2O6. The standard InChI is InChI=1S/C26H30N2O6/c1-33-15-12-22(23(29)30)27-24(31)26(13-6-7-14-26)28-25(32)34-16-21-19-10-4-2-8-17(19)18-9-3-5-11-20(18)21/h2-5,8-11,21-22H,6-7,12-16H2,1H3,(H,27,31)(H,28,32)(H,29,30). The van der Waals surface area contributed by atoms with E-state index in [-0.39, 0.29) is 25.6 Å². The number of aliphatic carboxylic acids is 1. The van der Waals surface area contributed by atoms with Crippen molar-refractivity contribution in [3.8, 4) is 11.1 Å². The second kappa shape index (κ2) is 10.3. The first-order valence-electron chi connectivity index (χ1n) is 11.6. The van der Waals surface area contributed by atoms with E-state index in [4.69, 9.17) is 9.47 Å². The van der Waals surface area contributed by atoms with Gasteiger partial charge in [0.1, 0.15) is 18.2 Å². The molecule has 1 saturated carbocycles. The average Bonchev–Trinajstić information content (AvgIpc) is 3.43. The van der Waals surface area contributed by atoms with Crippen LogP contribution in [0.2, 0.25) is 0 Å². The van der Waals surface area contributed by atoms with Crippen molar-refractivity contribution in [2.75, 3.05) is 20.3 Å². The van der Waals surface area contributed by atoms with Crippen LogP contribution in [0.5, 0.6) is 0 Å². The minimum absolute atomic E-state index is 0.0862. The summed E-state index contributed by atoms with van der Waals surface area (Å²) in [5.74, 6) is -1.72. The monoisotopic (exact) mass is 466 g/mol. The number of methoxy groups -OCH3 is 1. The minimum Gasteiger partial charge on any atom is -0.480 e. The Hall–Kier alpha value is -3.39. The first-order valence-corrected chi connectivity index (χ1v) is 11.6. The molecule has 3 N–H and O–H groups in total. The fourth-order valence-corrected chi connectivity index (χ4v) is 5.01. The molecule has 0 aromatic heterocycles. The van der Waals surface area contributed by atoms with Crippen LogP contribution in [-0.4, -0.2) is 55.0 Å². The number of ether oxygens (including phenoxy) is 2. The fraction of sp³-hybridized carbons (Fsp3) is 0.423. The predicted octanol–water partition coefficient (Wildman–Crippen LogP) is 3.44. The molecule has 1 atom stereocenters. The second-order valence-electron chi connectivity index (χ2n) is 8.89. The first-order chi connectivity index (χ1) is 16.4. The summed E-state index contributed by atoms with van der Waals surface area (Å²) in [7, 11) is 1.47. The van der Waals surface area contributed by atoms with Crippen LogP contribution < -0.4 is 10.6 Å². The van der Waals surface area contributed by atoms with Gasteiger partial charge in [0.05, 0.1) is 0 Å². The molecule has 0 heterocycles. The lowest BCUT2D eigenvalue weighted by atomic mass is 9.95. The highest BCUT2D eigenvalue weighted by molar-refractivity contribution is 5.93. The average molecular weight is 467 g/mol. The SMILES string of the molecule is COCCC(NC(=O)C1(NC(=O)OCC2c3ccccc3-c3ccccc32)CCCC1)C(=O)O. The van der Waals surface area contributed by atoms with Gasteiger partial charge >= 0.3 is 12.1 Å². The molecule has 0 aliphatic heterocycles. The number of rotatable bonds is 9. The number of fused-ring (bicyclic) bond motifs is 3. The van der Waals surface area contributed by atoms with E-state index < -0.39 is 29.6 Å². The molecule has 1 fully saturated rings. The van der Waals surface area contributed by atoms with Crippen LogP contribution in [0, 0.1) is 0 Å². The van der Waals surface area contributed by atoms with Gasteiger partial charge in [-0.25, -0.2) is 9.59 Å². The van der Waals surface area contributed by atoms with Gasteiger partial charge in [0.15, 0.2) is 0 Å². The molecule has 0 saturated heterocycles. The van der Waals surface area contributed by atoms with Crippen molar-refractivity contribution in [3.63, 3.8) is 0 Å². The van der Waals surface area contributed by atoms with Gasteiger partial charge in [0.2, 0.25) is 5.91 Å². The number of amides is 2. The molecule has 1 unspecified atom stereocenters. The van der Waals surface area contributed by atoms with Crippen LogP contribution in [0.1, 0.15) is 49.1 Å². The molecule has 0 spiro atoms. The van der Waals surface area contributed by atoms with Crippen molar-refractivity contribution >= 4 is 18.0 Å². The molecule has 0 bridgehead atoms. The van der Waals surface area contributed by atoms with Crippen LogP contribution in [0.15, 0.2) is 48.5 Å². The van der Waals surface area contributed by atoms with E-state index in [1.165, 1.54) is 7.11 Å². The van der Waals surface area contributed by atoms with Crippen molar-refractivity contribution in [2.24, 2.45) is 0 Å². The van der Waals surface area contributed by atoms with Crippen LogP contribution in [0.25, 0.3) is 11.1 Å². The number of nitrogens with one attached hydrogen (secondary N) is 2. The van der Waals surface area contributed by atoms with E-state index in [2.05, 4.69) is 22.8 Å². The van der Waals surface area contributed by atoms with Crippen LogP contribution in [0.4, 0.5) is 4.79 Å². The first kappa shape index (κ1) is 23.8. The molecule has 2 aromatic carbocycles. The number of carboxylic acid groups (broad SMARTS) is 1. The highest BCUT2D eigenvalue weighted by Gasteiger charge is 2.44. The molecule has 2 aliphatic carbocycles. The number of carboxylic acids is 1. The summed E-state index contributed by atoms with van der Waals surface area (Å²) < 4.78 is 10.6. The maximum atomic E-state index is 13.1. The molecule has 180 valence electrons. The quantitative estimate of drug-likeness (QED) is 0.522. The zero-order valence-corrected chi connectivity index (χ0v) is 19.2. The van der Waals surface area contributed by atoms with Crippen molar-refractivity contribution in [1.82, 2.24) is 10.6 Å². The third kappa shape index (κ3) is 4.77. The minimum atomic E-state index is -1.18. The van der Waals surface area contributed by atoms with Crippen molar-refractivity contribution in [2.45, 2.75) is 49.6 Å². The Kier molecular flexibility index (Phi) is 7.17. The summed E-state index contributed by atoms with van der Waals surface area (Å²) in [6.07, 6.45) is 1.83. The Morgan fingerprint density at radius 3 is 2.18 bits per heavy atom. The number of carbonyl (C=O) groups excluding carboxylic acids is 2. The largest absolute Gasteiger partial charge is 0.480 e. The lowest BCUT2D eigenvalue weighted by Gasteiger charge is -2.30. The van der Waals surface area contributed by atoms with Gasteiger partial charge in [-0.15, -0.1) is 0 Å². The van der Waals surface area contributed by atoms with Crippen LogP contribution in [-0.2, 0) is 19.1 Å². The normalized spacial score (nSPS) is 16.9. The smallest absolute Gasteiger partial charge is 0.408 e. The molecule has 2 amide bonds. The van der Waals surface area contributed by atoms with Crippen LogP contribution >= 0.6 is 0 Å². The maximum absolute atomic E-state index is 13.1. The molecular weight excluding hydrogens is 436 g/mol. The Morgan fingerprint density at radius 2 is 1.62 bits per heavy atom. The molecule has 34 heavy (non-hydrogen) atoms. The number of hydrogen-bond acceptors (Lipinski definition) is 5. The molecule has 2 aromatic rings. The summed E-state index contributed by atoms with van der Waals surface area (Å²) in [5, 5.41) is 14.8. The zero-order chi connectivity index (χ0) is 24.1. The number of benzene rings is 2. The Labute approximate surface area is 198 Å². The molecule has 8 nitrogen and oxygen atoms in total. The van der Waals surface area contributed by atoms with E-state index in [0.717, 1.165) is 35.1 Å². The molecule has 0 radical (unpaired) electrons. The maximum Gasteiger partial charge on any atom is 0.408 e. The van der Waals surface area contributed by atoms with E-state index in [9.17, 15) is 19.5 Å². The molecule has 2 aliphatic rings. The lowest BCUT2D eigenvalue weighted by molar-refractivity contribution is -0.143. The van der Waals surface area contributed by atoms with Crippen molar-refractivity contribution in [1.29, 1.82) is 0 Å². The van der Waals surface area contributed by atoms with Gasteiger partial charge in [-0.3, -0.25) is 4.79 Å². The third-order valence-corrected chi connectivity index (χ3v) is 6.79. The number of alkyl carbamates (subject to hydrolysis) is 1.